The van der Waals surface area contributed by atoms with E-state index in [-0.39, 0.29) is 16.1 Å². The van der Waals surface area contributed by atoms with E-state index in [1.807, 2.05) is 0 Å². The summed E-state index contributed by atoms with van der Waals surface area (Å²) < 4.78 is 27.8. The highest BCUT2D eigenvalue weighted by Gasteiger charge is 2.21. The number of nitrogens with zero attached hydrogens (tertiary/aromatic N) is 1. The number of amides is 1. The molecule has 1 aromatic heterocycles. The lowest BCUT2D eigenvalue weighted by Gasteiger charge is -2.17. The molecule has 0 aliphatic heterocycles. The Morgan fingerprint density at radius 1 is 1.12 bits per heavy atom. The predicted molar refractivity (Wildman–Crippen MR) is 95.3 cm³/mol. The summed E-state index contributed by atoms with van der Waals surface area (Å²) in [5, 5.41) is 0.990. The SMILES string of the molecule is CON(C)C(=O)c1ccccc1NS(=O)(=O)c1ccc2[nH]c(=O)[nH]c2c1. The van der Waals surface area contributed by atoms with Gasteiger partial charge in [0, 0.05) is 7.05 Å². The number of hydrogen-bond donors (Lipinski definition) is 3. The van der Waals surface area contributed by atoms with E-state index in [1.54, 1.807) is 12.1 Å². The van der Waals surface area contributed by atoms with Crippen LogP contribution in [0.2, 0.25) is 0 Å². The van der Waals surface area contributed by atoms with Crippen molar-refractivity contribution in [2.45, 2.75) is 4.90 Å². The van der Waals surface area contributed by atoms with Crippen LogP contribution in [0.25, 0.3) is 11.0 Å². The zero-order valence-corrected chi connectivity index (χ0v) is 14.8. The number of nitrogens with one attached hydrogen (secondary N) is 3. The van der Waals surface area contributed by atoms with E-state index in [0.717, 1.165) is 5.06 Å². The molecule has 1 heterocycles. The number of fused-ring (bicyclic) bond motifs is 1. The van der Waals surface area contributed by atoms with E-state index in [0.29, 0.717) is 11.0 Å². The lowest BCUT2D eigenvalue weighted by molar-refractivity contribution is -0.0756. The molecule has 10 heteroatoms. The van der Waals surface area contributed by atoms with E-state index in [1.165, 1.54) is 44.5 Å². The molecule has 0 fully saturated rings. The van der Waals surface area contributed by atoms with Crippen LogP contribution in [-0.2, 0) is 14.9 Å². The Bertz CT molecular complexity index is 1130. The van der Waals surface area contributed by atoms with Gasteiger partial charge in [0.2, 0.25) is 0 Å². The third kappa shape index (κ3) is 3.32. The highest BCUT2D eigenvalue weighted by Crippen LogP contribution is 2.22. The molecular formula is C16H16N4O5S. The molecule has 1 amide bonds. The van der Waals surface area contributed by atoms with Gasteiger partial charge in [-0.2, -0.15) is 0 Å². The maximum Gasteiger partial charge on any atom is 0.323 e. The molecule has 136 valence electrons. The van der Waals surface area contributed by atoms with Crippen LogP contribution in [0.5, 0.6) is 0 Å². The Morgan fingerprint density at radius 2 is 1.81 bits per heavy atom. The first-order valence-corrected chi connectivity index (χ1v) is 8.96. The van der Waals surface area contributed by atoms with Gasteiger partial charge in [0.1, 0.15) is 0 Å². The van der Waals surface area contributed by atoms with Crippen molar-refractivity contribution in [3.05, 3.63) is 58.5 Å². The summed E-state index contributed by atoms with van der Waals surface area (Å²) in [4.78, 5) is 33.5. The Hall–Kier alpha value is -3.11. The summed E-state index contributed by atoms with van der Waals surface area (Å²) >= 11 is 0. The smallest absolute Gasteiger partial charge is 0.306 e. The highest BCUT2D eigenvalue weighted by atomic mass is 32.2. The summed E-state index contributed by atoms with van der Waals surface area (Å²) in [6.07, 6.45) is 0. The van der Waals surface area contributed by atoms with Crippen molar-refractivity contribution in [2.24, 2.45) is 0 Å². The Labute approximate surface area is 148 Å². The number of para-hydroxylation sites is 1. The van der Waals surface area contributed by atoms with Gasteiger partial charge in [-0.05, 0) is 30.3 Å². The molecule has 0 atom stereocenters. The molecule has 0 aliphatic carbocycles. The monoisotopic (exact) mass is 376 g/mol. The minimum Gasteiger partial charge on any atom is -0.306 e. The lowest BCUT2D eigenvalue weighted by atomic mass is 10.2. The Balaban J connectivity index is 1.99. The number of rotatable bonds is 5. The Kier molecular flexibility index (Phi) is 4.53. The fraction of sp³-hybridized carbons (Fsp3) is 0.125. The van der Waals surface area contributed by atoms with Gasteiger partial charge in [-0.3, -0.25) is 14.4 Å². The van der Waals surface area contributed by atoms with Crippen molar-refractivity contribution >= 4 is 32.7 Å². The number of imidazole rings is 1. The normalized spacial score (nSPS) is 11.5. The molecule has 3 N–H and O–H groups in total. The van der Waals surface area contributed by atoms with Crippen LogP contribution in [0.4, 0.5) is 5.69 Å². The quantitative estimate of drug-likeness (QED) is 0.579. The summed E-state index contributed by atoms with van der Waals surface area (Å²) in [6, 6.07) is 10.4. The number of hydrogen-bond acceptors (Lipinski definition) is 5. The number of carbonyl (C=O) groups is 1. The average molecular weight is 376 g/mol. The molecule has 0 spiro atoms. The second kappa shape index (κ2) is 6.65. The number of hydroxylamine groups is 2. The molecular weight excluding hydrogens is 360 g/mol. The molecule has 3 rings (SSSR count). The molecule has 0 saturated heterocycles. The minimum absolute atomic E-state index is 0.0531. The number of aromatic nitrogens is 2. The average Bonchev–Trinajstić information content (AvgIpc) is 2.99. The van der Waals surface area contributed by atoms with Crippen molar-refractivity contribution in [2.75, 3.05) is 18.9 Å². The molecule has 0 saturated carbocycles. The molecule has 3 aromatic rings. The van der Waals surface area contributed by atoms with Crippen LogP contribution in [0, 0.1) is 0 Å². The van der Waals surface area contributed by atoms with Gasteiger partial charge < -0.3 is 9.97 Å². The number of sulfonamides is 1. The standard InChI is InChI=1S/C16H16N4O5S/c1-20(25-2)15(21)11-5-3-4-6-12(11)19-26(23,24)10-7-8-13-14(9-10)18-16(22)17-13/h3-9,19H,1-2H3,(H2,17,18,22). The van der Waals surface area contributed by atoms with Gasteiger partial charge in [-0.15, -0.1) is 0 Å². The summed E-state index contributed by atoms with van der Waals surface area (Å²) in [7, 11) is -1.23. The van der Waals surface area contributed by atoms with Crippen molar-refractivity contribution in [1.82, 2.24) is 15.0 Å². The maximum absolute atomic E-state index is 12.7. The van der Waals surface area contributed by atoms with E-state index in [9.17, 15) is 18.0 Å². The minimum atomic E-state index is -3.98. The molecule has 0 aliphatic rings. The second-order valence-electron chi connectivity index (χ2n) is 5.42. The number of anilines is 1. The number of carbonyl (C=O) groups excluding carboxylic acids is 1. The zero-order chi connectivity index (χ0) is 18.9. The molecule has 0 bridgehead atoms. The fourth-order valence-electron chi connectivity index (χ4n) is 2.39. The Morgan fingerprint density at radius 3 is 2.54 bits per heavy atom. The maximum atomic E-state index is 12.7. The lowest BCUT2D eigenvalue weighted by Crippen LogP contribution is -2.27. The van der Waals surface area contributed by atoms with E-state index < -0.39 is 21.6 Å². The predicted octanol–water partition coefficient (Wildman–Crippen LogP) is 1.29. The summed E-state index contributed by atoms with van der Waals surface area (Å²) in [6.45, 7) is 0. The zero-order valence-electron chi connectivity index (χ0n) is 13.9. The van der Waals surface area contributed by atoms with Crippen molar-refractivity contribution in [3.8, 4) is 0 Å². The molecule has 2 aromatic carbocycles. The molecule has 9 nitrogen and oxygen atoms in total. The summed E-state index contributed by atoms with van der Waals surface area (Å²) in [5.74, 6) is -0.504. The first-order chi connectivity index (χ1) is 12.3. The van der Waals surface area contributed by atoms with Crippen LogP contribution in [0.3, 0.4) is 0 Å². The fourth-order valence-corrected chi connectivity index (χ4v) is 3.50. The molecule has 26 heavy (non-hydrogen) atoms. The van der Waals surface area contributed by atoms with Crippen LogP contribution >= 0.6 is 0 Å². The molecule has 0 unspecified atom stereocenters. The number of H-pyrrole nitrogens is 2. The van der Waals surface area contributed by atoms with Crippen molar-refractivity contribution in [1.29, 1.82) is 0 Å². The van der Waals surface area contributed by atoms with Gasteiger partial charge >= 0.3 is 5.69 Å². The first kappa shape index (κ1) is 17.7. The van der Waals surface area contributed by atoms with Gasteiger partial charge in [0.15, 0.2) is 0 Å². The van der Waals surface area contributed by atoms with Gasteiger partial charge in [-0.25, -0.2) is 18.3 Å². The largest absolute Gasteiger partial charge is 0.323 e. The third-order valence-electron chi connectivity index (χ3n) is 3.76. The van der Waals surface area contributed by atoms with Gasteiger partial charge in [-0.1, -0.05) is 12.1 Å². The number of aromatic amines is 2. The second-order valence-corrected chi connectivity index (χ2v) is 7.11. The highest BCUT2D eigenvalue weighted by molar-refractivity contribution is 7.92. The van der Waals surface area contributed by atoms with Gasteiger partial charge in [0.05, 0.1) is 34.3 Å². The number of benzene rings is 2. The van der Waals surface area contributed by atoms with E-state index >= 15 is 0 Å². The van der Waals surface area contributed by atoms with Crippen LogP contribution in [-0.4, -0.2) is 43.5 Å². The van der Waals surface area contributed by atoms with Crippen LogP contribution < -0.4 is 10.4 Å². The topological polar surface area (TPSA) is 124 Å². The van der Waals surface area contributed by atoms with Crippen molar-refractivity contribution in [3.63, 3.8) is 0 Å². The van der Waals surface area contributed by atoms with Crippen LogP contribution in [0.1, 0.15) is 10.4 Å². The van der Waals surface area contributed by atoms with E-state index in [2.05, 4.69) is 14.7 Å². The van der Waals surface area contributed by atoms with Crippen molar-refractivity contribution < 1.29 is 18.0 Å². The van der Waals surface area contributed by atoms with Crippen LogP contribution in [0.15, 0.2) is 52.2 Å². The summed E-state index contributed by atoms with van der Waals surface area (Å²) in [5.41, 5.74) is 0.675. The first-order valence-electron chi connectivity index (χ1n) is 7.48. The van der Waals surface area contributed by atoms with E-state index in [4.69, 9.17) is 4.84 Å². The molecule has 0 radical (unpaired) electrons. The van der Waals surface area contributed by atoms with Gasteiger partial charge in [0.25, 0.3) is 15.9 Å². The third-order valence-corrected chi connectivity index (χ3v) is 5.12.